The third-order valence-corrected chi connectivity index (χ3v) is 4.06. The third-order valence-electron chi connectivity index (χ3n) is 4.06. The fourth-order valence-corrected chi connectivity index (χ4v) is 2.72. The number of nitrogens with one attached hydrogen (secondary N) is 1. The van der Waals surface area contributed by atoms with Crippen LogP contribution in [0, 0.1) is 0 Å². The van der Waals surface area contributed by atoms with Gasteiger partial charge in [-0.15, -0.1) is 0 Å². The number of ether oxygens (including phenoxy) is 3. The van der Waals surface area contributed by atoms with E-state index in [2.05, 4.69) is 5.32 Å². The molecule has 1 saturated heterocycles. The summed E-state index contributed by atoms with van der Waals surface area (Å²) in [4.78, 5) is 37.4. The van der Waals surface area contributed by atoms with E-state index in [1.165, 1.54) is 12.1 Å². The minimum absolute atomic E-state index is 0.0124. The van der Waals surface area contributed by atoms with E-state index < -0.39 is 11.8 Å². The Bertz CT molecular complexity index is 688. The number of carbonyl (C=O) groups excluding carboxylic acids is 3. The molecule has 154 valence electrons. The largest absolute Gasteiger partial charge is 0.513 e. The first-order valence-corrected chi connectivity index (χ1v) is 9.41. The standard InChI is InChI=1S/C20H28N2O6/c1-5-26-19(25)27-16-8-6-14(7-9-16)17(23)21-15-10-12-22(13-11-15)18(24)28-20(2,3)4/h6-9,15H,5,10-13H2,1-4H3,(H,21,23). The first-order valence-electron chi connectivity index (χ1n) is 9.41. The van der Waals surface area contributed by atoms with Crippen molar-refractivity contribution in [2.75, 3.05) is 19.7 Å². The predicted octanol–water partition coefficient (Wildman–Crippen LogP) is 3.35. The van der Waals surface area contributed by atoms with Crippen molar-refractivity contribution in [3.63, 3.8) is 0 Å². The number of amides is 2. The fourth-order valence-electron chi connectivity index (χ4n) is 2.72. The molecule has 0 aliphatic carbocycles. The van der Waals surface area contributed by atoms with Crippen LogP contribution < -0.4 is 10.1 Å². The zero-order valence-corrected chi connectivity index (χ0v) is 16.8. The van der Waals surface area contributed by atoms with Gasteiger partial charge in [0.15, 0.2) is 0 Å². The SMILES string of the molecule is CCOC(=O)Oc1ccc(C(=O)NC2CCN(C(=O)OC(C)(C)C)CC2)cc1. The van der Waals surface area contributed by atoms with E-state index in [4.69, 9.17) is 14.2 Å². The van der Waals surface area contributed by atoms with Gasteiger partial charge >= 0.3 is 12.2 Å². The van der Waals surface area contributed by atoms with Crippen LogP contribution in [0.3, 0.4) is 0 Å². The van der Waals surface area contributed by atoms with Crippen LogP contribution in [0.1, 0.15) is 50.9 Å². The maximum Gasteiger partial charge on any atom is 0.513 e. The van der Waals surface area contributed by atoms with Crippen molar-refractivity contribution < 1.29 is 28.6 Å². The summed E-state index contributed by atoms with van der Waals surface area (Å²) in [5, 5.41) is 2.97. The minimum Gasteiger partial charge on any atom is -0.444 e. The maximum absolute atomic E-state index is 12.4. The van der Waals surface area contributed by atoms with Crippen LogP contribution in [0.2, 0.25) is 0 Å². The smallest absolute Gasteiger partial charge is 0.444 e. The normalized spacial score (nSPS) is 14.9. The van der Waals surface area contributed by atoms with Crippen molar-refractivity contribution in [2.45, 2.75) is 52.2 Å². The first-order chi connectivity index (χ1) is 13.2. The van der Waals surface area contributed by atoms with Gasteiger partial charge in [-0.1, -0.05) is 0 Å². The highest BCUT2D eigenvalue weighted by Crippen LogP contribution is 2.17. The molecule has 1 N–H and O–H groups in total. The van der Waals surface area contributed by atoms with Gasteiger partial charge in [-0.3, -0.25) is 4.79 Å². The van der Waals surface area contributed by atoms with E-state index >= 15 is 0 Å². The highest BCUT2D eigenvalue weighted by molar-refractivity contribution is 5.94. The topological polar surface area (TPSA) is 94.2 Å². The molecule has 0 bridgehead atoms. The molecule has 0 spiro atoms. The van der Waals surface area contributed by atoms with Gasteiger partial charge in [0.1, 0.15) is 11.4 Å². The number of piperidine rings is 1. The molecule has 1 aromatic rings. The molecule has 1 aliphatic rings. The van der Waals surface area contributed by atoms with Crippen molar-refractivity contribution in [1.82, 2.24) is 10.2 Å². The molecule has 8 nitrogen and oxygen atoms in total. The second-order valence-electron chi connectivity index (χ2n) is 7.52. The number of likely N-dealkylation sites (tertiary alicyclic amines) is 1. The molecular weight excluding hydrogens is 364 g/mol. The second kappa shape index (κ2) is 9.43. The van der Waals surface area contributed by atoms with Crippen LogP contribution in [-0.2, 0) is 9.47 Å². The molecule has 0 radical (unpaired) electrons. The van der Waals surface area contributed by atoms with Crippen molar-refractivity contribution >= 4 is 18.2 Å². The van der Waals surface area contributed by atoms with Gasteiger partial charge in [-0.25, -0.2) is 9.59 Å². The maximum atomic E-state index is 12.4. The van der Waals surface area contributed by atoms with Gasteiger partial charge in [-0.2, -0.15) is 0 Å². The highest BCUT2D eigenvalue weighted by Gasteiger charge is 2.27. The third kappa shape index (κ3) is 6.75. The fraction of sp³-hybridized carbons (Fsp3) is 0.550. The monoisotopic (exact) mass is 392 g/mol. The zero-order valence-electron chi connectivity index (χ0n) is 16.8. The van der Waals surface area contributed by atoms with E-state index in [1.807, 2.05) is 20.8 Å². The lowest BCUT2D eigenvalue weighted by Crippen LogP contribution is -2.47. The molecule has 2 amide bonds. The molecule has 28 heavy (non-hydrogen) atoms. The van der Waals surface area contributed by atoms with E-state index in [0.717, 1.165) is 0 Å². The molecule has 0 aromatic heterocycles. The number of rotatable bonds is 4. The number of hydrogen-bond acceptors (Lipinski definition) is 6. The molecule has 0 saturated carbocycles. The summed E-state index contributed by atoms with van der Waals surface area (Å²) in [5.41, 5.74) is -0.0588. The van der Waals surface area contributed by atoms with Crippen molar-refractivity contribution in [2.24, 2.45) is 0 Å². The highest BCUT2D eigenvalue weighted by atomic mass is 16.7. The van der Waals surface area contributed by atoms with Gasteiger partial charge in [0.05, 0.1) is 6.61 Å². The molecule has 1 aliphatic heterocycles. The number of hydrogen-bond donors (Lipinski definition) is 1. The Morgan fingerprint density at radius 2 is 1.71 bits per heavy atom. The van der Waals surface area contributed by atoms with E-state index in [1.54, 1.807) is 24.0 Å². The Kier molecular flexibility index (Phi) is 7.25. The van der Waals surface area contributed by atoms with Gasteiger partial charge in [0, 0.05) is 24.7 Å². The Balaban J connectivity index is 1.81. The first kappa shape index (κ1) is 21.5. The quantitative estimate of drug-likeness (QED) is 0.624. The van der Waals surface area contributed by atoms with Crippen LogP contribution in [0.5, 0.6) is 5.75 Å². The molecular formula is C20H28N2O6. The van der Waals surface area contributed by atoms with Gasteiger partial charge in [-0.05, 0) is 64.8 Å². The molecule has 1 fully saturated rings. The lowest BCUT2D eigenvalue weighted by Gasteiger charge is -2.33. The molecule has 1 heterocycles. The Morgan fingerprint density at radius 1 is 1.11 bits per heavy atom. The summed E-state index contributed by atoms with van der Waals surface area (Å²) in [7, 11) is 0. The van der Waals surface area contributed by atoms with Crippen LogP contribution in [0.15, 0.2) is 24.3 Å². The van der Waals surface area contributed by atoms with Crippen molar-refractivity contribution in [1.29, 1.82) is 0 Å². The summed E-state index contributed by atoms with van der Waals surface area (Å²) < 4.78 is 15.0. The summed E-state index contributed by atoms with van der Waals surface area (Å²) in [6.07, 6.45) is 0.218. The molecule has 8 heteroatoms. The Labute approximate surface area is 165 Å². The van der Waals surface area contributed by atoms with Crippen molar-refractivity contribution in [3.05, 3.63) is 29.8 Å². The van der Waals surface area contributed by atoms with E-state index in [9.17, 15) is 14.4 Å². The summed E-state index contributed by atoms with van der Waals surface area (Å²) in [6, 6.07) is 6.23. The summed E-state index contributed by atoms with van der Waals surface area (Å²) in [5.74, 6) is 0.0964. The van der Waals surface area contributed by atoms with Gasteiger partial charge in [0.25, 0.3) is 5.91 Å². The summed E-state index contributed by atoms with van der Waals surface area (Å²) in [6.45, 7) is 8.49. The molecule has 0 unspecified atom stereocenters. The zero-order chi connectivity index (χ0) is 20.7. The lowest BCUT2D eigenvalue weighted by atomic mass is 10.0. The van der Waals surface area contributed by atoms with Crippen LogP contribution in [0.25, 0.3) is 0 Å². The van der Waals surface area contributed by atoms with Gasteiger partial charge < -0.3 is 24.4 Å². The average Bonchev–Trinajstić information content (AvgIpc) is 2.61. The predicted molar refractivity (Wildman–Crippen MR) is 102 cm³/mol. The molecule has 1 aromatic carbocycles. The van der Waals surface area contributed by atoms with Crippen LogP contribution in [0.4, 0.5) is 9.59 Å². The molecule has 0 atom stereocenters. The molecule has 2 rings (SSSR count). The number of nitrogens with zero attached hydrogens (tertiary/aromatic N) is 1. The number of benzene rings is 1. The lowest BCUT2D eigenvalue weighted by molar-refractivity contribution is 0.0199. The second-order valence-corrected chi connectivity index (χ2v) is 7.52. The van der Waals surface area contributed by atoms with Crippen LogP contribution in [-0.4, -0.2) is 54.4 Å². The van der Waals surface area contributed by atoms with Crippen LogP contribution >= 0.6 is 0 Å². The van der Waals surface area contributed by atoms with Gasteiger partial charge in [0.2, 0.25) is 0 Å². The Hall–Kier alpha value is -2.77. The van der Waals surface area contributed by atoms with Crippen molar-refractivity contribution in [3.8, 4) is 5.75 Å². The summed E-state index contributed by atoms with van der Waals surface area (Å²) >= 11 is 0. The number of carbonyl (C=O) groups is 3. The Morgan fingerprint density at radius 3 is 2.25 bits per heavy atom. The van der Waals surface area contributed by atoms with E-state index in [0.29, 0.717) is 37.2 Å². The average molecular weight is 392 g/mol. The van der Waals surface area contributed by atoms with E-state index in [-0.39, 0.29) is 24.6 Å². The minimum atomic E-state index is -0.781.